The zero-order chi connectivity index (χ0) is 11.9. The molecule has 16 heavy (non-hydrogen) atoms. The Morgan fingerprint density at radius 3 is 2.88 bits per heavy atom. The Morgan fingerprint density at radius 2 is 2.25 bits per heavy atom. The highest BCUT2D eigenvalue weighted by Crippen LogP contribution is 2.28. The minimum Gasteiger partial charge on any atom is -0.309 e. The molecule has 3 nitrogen and oxygen atoms in total. The summed E-state index contributed by atoms with van der Waals surface area (Å²) in [5.74, 6) is -0.432. The molecular weight excluding hydrogens is 322 g/mol. The lowest BCUT2D eigenvalue weighted by Gasteiger charge is -2.04. The second-order valence-electron chi connectivity index (χ2n) is 3.02. The average Bonchev–Trinajstić information content (AvgIpc) is 2.24. The number of H-pyrrole nitrogens is 1. The lowest BCUT2D eigenvalue weighted by atomic mass is 10.2. The van der Waals surface area contributed by atoms with Crippen molar-refractivity contribution in [2.45, 2.75) is 5.88 Å². The molecule has 0 bridgehead atoms. The van der Waals surface area contributed by atoms with Gasteiger partial charge in [0.15, 0.2) is 5.82 Å². The summed E-state index contributed by atoms with van der Waals surface area (Å²) in [6.45, 7) is 0. The van der Waals surface area contributed by atoms with E-state index in [0.717, 1.165) is 0 Å². The molecule has 1 N–H and O–H groups in total. The maximum atomic E-state index is 13.7. The van der Waals surface area contributed by atoms with Crippen molar-refractivity contribution in [3.8, 4) is 0 Å². The van der Waals surface area contributed by atoms with E-state index in [1.165, 1.54) is 6.07 Å². The highest BCUT2D eigenvalue weighted by Gasteiger charge is 2.14. The van der Waals surface area contributed by atoms with Crippen LogP contribution in [0.5, 0.6) is 0 Å². The van der Waals surface area contributed by atoms with E-state index in [-0.39, 0.29) is 32.1 Å². The van der Waals surface area contributed by atoms with Gasteiger partial charge in [-0.2, -0.15) is 0 Å². The summed E-state index contributed by atoms with van der Waals surface area (Å²) in [6.07, 6.45) is 0. The van der Waals surface area contributed by atoms with E-state index in [9.17, 15) is 9.18 Å². The molecule has 1 heterocycles. The smallest absolute Gasteiger partial charge is 0.260 e. The minimum atomic E-state index is -0.628. The van der Waals surface area contributed by atoms with E-state index in [0.29, 0.717) is 0 Å². The zero-order valence-corrected chi connectivity index (χ0v) is 10.7. The van der Waals surface area contributed by atoms with E-state index in [4.69, 9.17) is 23.2 Å². The van der Waals surface area contributed by atoms with Crippen molar-refractivity contribution in [2.24, 2.45) is 0 Å². The number of benzene rings is 1. The molecule has 2 aromatic rings. The van der Waals surface area contributed by atoms with Gasteiger partial charge < -0.3 is 4.98 Å². The van der Waals surface area contributed by atoms with Gasteiger partial charge in [0.05, 0.1) is 20.8 Å². The van der Waals surface area contributed by atoms with Crippen LogP contribution in [0.15, 0.2) is 15.3 Å². The van der Waals surface area contributed by atoms with Crippen LogP contribution in [0, 0.1) is 5.82 Å². The number of fused-ring (bicyclic) bond motifs is 1. The van der Waals surface area contributed by atoms with Gasteiger partial charge in [-0.3, -0.25) is 4.79 Å². The van der Waals surface area contributed by atoms with Crippen LogP contribution in [-0.2, 0) is 5.88 Å². The van der Waals surface area contributed by atoms with Gasteiger partial charge in [-0.05, 0) is 22.0 Å². The van der Waals surface area contributed by atoms with Crippen molar-refractivity contribution >= 4 is 50.0 Å². The van der Waals surface area contributed by atoms with Crippen LogP contribution in [0.3, 0.4) is 0 Å². The summed E-state index contributed by atoms with van der Waals surface area (Å²) in [7, 11) is 0. The van der Waals surface area contributed by atoms with Gasteiger partial charge in [0.25, 0.3) is 5.56 Å². The Balaban J connectivity index is 3.00. The maximum Gasteiger partial charge on any atom is 0.260 e. The summed E-state index contributed by atoms with van der Waals surface area (Å²) < 4.78 is 13.9. The van der Waals surface area contributed by atoms with Crippen LogP contribution < -0.4 is 5.56 Å². The second kappa shape index (κ2) is 4.31. The van der Waals surface area contributed by atoms with E-state index in [2.05, 4.69) is 25.9 Å². The number of alkyl halides is 1. The number of hydrogen-bond donors (Lipinski definition) is 1. The predicted molar refractivity (Wildman–Crippen MR) is 64.6 cm³/mol. The van der Waals surface area contributed by atoms with Crippen molar-refractivity contribution < 1.29 is 4.39 Å². The largest absolute Gasteiger partial charge is 0.309 e. The van der Waals surface area contributed by atoms with E-state index in [1.54, 1.807) is 0 Å². The first-order valence-electron chi connectivity index (χ1n) is 4.17. The molecule has 0 unspecified atom stereocenters. The van der Waals surface area contributed by atoms with Gasteiger partial charge in [-0.25, -0.2) is 9.37 Å². The number of halogens is 4. The summed E-state index contributed by atoms with van der Waals surface area (Å²) >= 11 is 14.4. The SMILES string of the molecule is O=c1[nH]c(CCl)nc2c(F)c(Br)cc(Cl)c12. The normalized spacial score (nSPS) is 11.0. The molecule has 0 spiro atoms. The first-order valence-corrected chi connectivity index (χ1v) is 5.87. The van der Waals surface area contributed by atoms with Crippen molar-refractivity contribution in [3.05, 3.63) is 37.6 Å². The first kappa shape index (κ1) is 11.8. The predicted octanol–water partition coefficient (Wildman–Crippen LogP) is 3.22. The number of rotatable bonds is 1. The third-order valence-electron chi connectivity index (χ3n) is 2.00. The highest BCUT2D eigenvalue weighted by atomic mass is 79.9. The van der Waals surface area contributed by atoms with Crippen molar-refractivity contribution in [2.75, 3.05) is 0 Å². The molecule has 1 aromatic heterocycles. The number of aromatic amines is 1. The summed E-state index contributed by atoms with van der Waals surface area (Å²) in [6, 6.07) is 1.32. The van der Waals surface area contributed by atoms with Crippen molar-refractivity contribution in [3.63, 3.8) is 0 Å². The Morgan fingerprint density at radius 1 is 1.56 bits per heavy atom. The molecule has 0 saturated heterocycles. The molecule has 1 aromatic carbocycles. The van der Waals surface area contributed by atoms with Gasteiger partial charge in [-0.15, -0.1) is 11.6 Å². The fraction of sp³-hybridized carbons (Fsp3) is 0.111. The summed E-state index contributed by atoms with van der Waals surface area (Å²) in [5, 5.41) is 0.161. The molecular formula is C9H4BrCl2FN2O. The molecule has 0 saturated carbocycles. The van der Waals surface area contributed by atoms with Crippen LogP contribution in [0.1, 0.15) is 5.82 Å². The van der Waals surface area contributed by atoms with E-state index in [1.807, 2.05) is 0 Å². The molecule has 0 radical (unpaired) electrons. The topological polar surface area (TPSA) is 45.8 Å². The third-order valence-corrected chi connectivity index (χ3v) is 3.13. The van der Waals surface area contributed by atoms with Crippen molar-refractivity contribution in [1.82, 2.24) is 9.97 Å². The molecule has 2 rings (SSSR count). The van der Waals surface area contributed by atoms with E-state index >= 15 is 0 Å². The molecule has 84 valence electrons. The summed E-state index contributed by atoms with van der Waals surface area (Å²) in [5.41, 5.74) is -0.587. The highest BCUT2D eigenvalue weighted by molar-refractivity contribution is 9.10. The van der Waals surface area contributed by atoms with E-state index < -0.39 is 11.4 Å². The monoisotopic (exact) mass is 324 g/mol. The second-order valence-corrected chi connectivity index (χ2v) is 4.55. The fourth-order valence-electron chi connectivity index (χ4n) is 1.32. The minimum absolute atomic E-state index is 0.00521. The Bertz CT molecular complexity index is 629. The van der Waals surface area contributed by atoms with Crippen LogP contribution >= 0.6 is 39.1 Å². The average molecular weight is 326 g/mol. The fourth-order valence-corrected chi connectivity index (χ4v) is 2.28. The molecule has 0 aliphatic heterocycles. The lowest BCUT2D eigenvalue weighted by molar-refractivity contribution is 0.629. The number of nitrogens with zero attached hydrogens (tertiary/aromatic N) is 1. The standard InChI is InChI=1S/C9H4BrCl2FN2O/c10-3-1-4(12)6-8(7(3)13)14-5(2-11)15-9(6)16/h1H,2H2,(H,14,15,16). The molecule has 7 heteroatoms. The first-order chi connectivity index (χ1) is 7.54. The van der Waals surface area contributed by atoms with Crippen LogP contribution in [-0.4, -0.2) is 9.97 Å². The Kier molecular flexibility index (Phi) is 3.19. The zero-order valence-electron chi connectivity index (χ0n) is 7.65. The summed E-state index contributed by atoms with van der Waals surface area (Å²) in [4.78, 5) is 17.9. The maximum absolute atomic E-state index is 13.7. The van der Waals surface area contributed by atoms with Gasteiger partial charge >= 0.3 is 0 Å². The quantitative estimate of drug-likeness (QED) is 0.646. The molecule has 0 fully saturated rings. The number of aromatic nitrogens is 2. The Hall–Kier alpha value is -0.650. The van der Waals surface area contributed by atoms with Gasteiger partial charge in [-0.1, -0.05) is 11.6 Å². The molecule has 0 aliphatic rings. The third kappa shape index (κ3) is 1.83. The van der Waals surface area contributed by atoms with Gasteiger partial charge in [0, 0.05) is 0 Å². The molecule has 0 amide bonds. The van der Waals surface area contributed by atoms with Crippen molar-refractivity contribution in [1.29, 1.82) is 0 Å². The van der Waals surface area contributed by atoms with Crippen LogP contribution in [0.2, 0.25) is 5.02 Å². The van der Waals surface area contributed by atoms with Crippen LogP contribution in [0.25, 0.3) is 10.9 Å². The molecule has 0 aliphatic carbocycles. The van der Waals surface area contributed by atoms with Crippen LogP contribution in [0.4, 0.5) is 4.39 Å². The number of hydrogen-bond acceptors (Lipinski definition) is 2. The van der Waals surface area contributed by atoms with Gasteiger partial charge in [0.1, 0.15) is 11.3 Å². The number of nitrogens with one attached hydrogen (secondary N) is 1. The Labute approximate surface area is 108 Å². The molecule has 0 atom stereocenters. The lowest BCUT2D eigenvalue weighted by Crippen LogP contribution is -2.12. The van der Waals surface area contributed by atoms with Gasteiger partial charge in [0.2, 0.25) is 0 Å².